The van der Waals surface area contributed by atoms with Crippen LogP contribution in [0.3, 0.4) is 0 Å². The highest BCUT2D eigenvalue weighted by Crippen LogP contribution is 2.38. The number of rotatable bonds is 4. The van der Waals surface area contributed by atoms with Crippen LogP contribution in [0.25, 0.3) is 27.7 Å². The molecule has 0 spiro atoms. The zero-order valence-electron chi connectivity index (χ0n) is 19.6. The van der Waals surface area contributed by atoms with Crippen LogP contribution in [0.4, 0.5) is 0 Å². The molecule has 6 heterocycles. The lowest BCUT2D eigenvalue weighted by Gasteiger charge is -2.29. The first-order valence-electron chi connectivity index (χ1n) is 12.0. The monoisotopic (exact) mass is 469 g/mol. The zero-order chi connectivity index (χ0) is 24.2. The predicted octanol–water partition coefficient (Wildman–Crippen LogP) is 2.94. The molecule has 2 amide bonds. The summed E-state index contributed by atoms with van der Waals surface area (Å²) >= 11 is 0. The van der Waals surface area contributed by atoms with Gasteiger partial charge in [-0.2, -0.15) is 14.8 Å². The van der Waals surface area contributed by atoms with Gasteiger partial charge in [0.1, 0.15) is 11.7 Å². The van der Waals surface area contributed by atoms with Crippen LogP contribution in [0.5, 0.6) is 0 Å². The fourth-order valence-corrected chi connectivity index (χ4v) is 5.61. The van der Waals surface area contributed by atoms with Crippen molar-refractivity contribution < 1.29 is 9.59 Å². The van der Waals surface area contributed by atoms with Crippen LogP contribution in [0.15, 0.2) is 55.5 Å². The van der Waals surface area contributed by atoms with Gasteiger partial charge in [0, 0.05) is 54.1 Å². The number of carbonyl (C=O) groups excluding carboxylic acids is 2. The van der Waals surface area contributed by atoms with Crippen molar-refractivity contribution in [3.05, 3.63) is 61.2 Å². The van der Waals surface area contributed by atoms with E-state index in [1.54, 1.807) is 21.9 Å². The van der Waals surface area contributed by atoms with E-state index in [2.05, 4.69) is 39.7 Å². The Hall–Kier alpha value is -4.01. The van der Waals surface area contributed by atoms with Gasteiger partial charge in [-0.3, -0.25) is 9.59 Å². The standard InChI is InChI=1S/C26H27N7O2/c1-3-23(34)32-12-5-7-21(32)25(35)31-13-9-26(2,16-31)22-14-18-17(8-11-27-24(18)30-22)19-15-29-33-20(19)6-4-10-28-33/h3-4,6,8,10-11,14-15,21H,1,5,7,9,12-13,16H2,2H3,(H,27,30)/t21-,26?/m1/s1. The smallest absolute Gasteiger partial charge is 0.246 e. The number of nitrogens with one attached hydrogen (secondary N) is 1. The Morgan fingerprint density at radius 1 is 1.20 bits per heavy atom. The number of hydrogen-bond acceptors (Lipinski definition) is 5. The van der Waals surface area contributed by atoms with Crippen LogP contribution in [0, 0.1) is 0 Å². The van der Waals surface area contributed by atoms with Gasteiger partial charge in [0.15, 0.2) is 0 Å². The molecule has 35 heavy (non-hydrogen) atoms. The molecule has 2 aliphatic rings. The van der Waals surface area contributed by atoms with Crippen molar-refractivity contribution in [2.45, 2.75) is 37.6 Å². The van der Waals surface area contributed by atoms with E-state index in [9.17, 15) is 9.59 Å². The number of hydrogen-bond donors (Lipinski definition) is 1. The van der Waals surface area contributed by atoms with E-state index < -0.39 is 0 Å². The average molecular weight is 470 g/mol. The van der Waals surface area contributed by atoms with Crippen molar-refractivity contribution in [2.75, 3.05) is 19.6 Å². The lowest BCUT2D eigenvalue weighted by atomic mass is 9.86. The maximum absolute atomic E-state index is 13.4. The molecule has 2 aliphatic heterocycles. The molecule has 0 aliphatic carbocycles. The number of H-pyrrole nitrogens is 1. The zero-order valence-corrected chi connectivity index (χ0v) is 19.6. The summed E-state index contributed by atoms with van der Waals surface area (Å²) in [5.41, 5.74) is 4.61. The summed E-state index contributed by atoms with van der Waals surface area (Å²) in [6.45, 7) is 7.65. The molecular weight excluding hydrogens is 442 g/mol. The molecule has 4 aromatic rings. The van der Waals surface area contributed by atoms with Crippen molar-refractivity contribution in [3.8, 4) is 11.1 Å². The number of aromatic amines is 1. The van der Waals surface area contributed by atoms with E-state index in [1.807, 2.05) is 29.3 Å². The van der Waals surface area contributed by atoms with Crippen LogP contribution in [-0.4, -0.2) is 72.1 Å². The second kappa shape index (κ2) is 8.04. The van der Waals surface area contributed by atoms with E-state index in [4.69, 9.17) is 0 Å². The van der Waals surface area contributed by atoms with Gasteiger partial charge >= 0.3 is 0 Å². The minimum absolute atomic E-state index is 0.0372. The number of aromatic nitrogens is 5. The first-order valence-corrected chi connectivity index (χ1v) is 12.0. The van der Waals surface area contributed by atoms with Crippen molar-refractivity contribution in [1.29, 1.82) is 0 Å². The molecular formula is C26H27N7O2. The van der Waals surface area contributed by atoms with E-state index in [0.717, 1.165) is 46.2 Å². The molecule has 0 bridgehead atoms. The van der Waals surface area contributed by atoms with Crippen molar-refractivity contribution in [2.24, 2.45) is 0 Å². The molecule has 178 valence electrons. The Labute approximate surface area is 202 Å². The fourth-order valence-electron chi connectivity index (χ4n) is 5.61. The minimum atomic E-state index is -0.386. The van der Waals surface area contributed by atoms with E-state index in [1.165, 1.54) is 6.08 Å². The van der Waals surface area contributed by atoms with E-state index in [-0.39, 0.29) is 23.3 Å². The number of pyridine rings is 1. The third-order valence-electron chi connectivity index (χ3n) is 7.56. The van der Waals surface area contributed by atoms with Gasteiger partial charge in [0.05, 0.1) is 11.7 Å². The number of nitrogens with zero attached hydrogens (tertiary/aromatic N) is 6. The van der Waals surface area contributed by atoms with Gasteiger partial charge < -0.3 is 14.8 Å². The second-order valence-corrected chi connectivity index (χ2v) is 9.72. The summed E-state index contributed by atoms with van der Waals surface area (Å²) in [6, 6.07) is 7.68. The van der Waals surface area contributed by atoms with Gasteiger partial charge in [-0.1, -0.05) is 13.5 Å². The Morgan fingerprint density at radius 3 is 2.94 bits per heavy atom. The van der Waals surface area contributed by atoms with E-state index >= 15 is 0 Å². The number of carbonyl (C=O) groups is 2. The third kappa shape index (κ3) is 3.41. The number of likely N-dealkylation sites (tertiary alicyclic amines) is 2. The third-order valence-corrected chi connectivity index (χ3v) is 7.56. The van der Waals surface area contributed by atoms with Crippen molar-refractivity contribution >= 4 is 28.4 Å². The first-order chi connectivity index (χ1) is 17.0. The molecule has 6 rings (SSSR count). The molecule has 0 radical (unpaired) electrons. The molecule has 4 aromatic heterocycles. The van der Waals surface area contributed by atoms with Gasteiger partial charge in [-0.15, -0.1) is 0 Å². The van der Waals surface area contributed by atoms with Crippen LogP contribution in [0.1, 0.15) is 31.9 Å². The van der Waals surface area contributed by atoms with Gasteiger partial charge in [-0.25, -0.2) is 4.98 Å². The maximum Gasteiger partial charge on any atom is 0.246 e. The number of fused-ring (bicyclic) bond motifs is 2. The Morgan fingerprint density at radius 2 is 2.09 bits per heavy atom. The molecule has 2 atom stereocenters. The summed E-state index contributed by atoms with van der Waals surface area (Å²) in [5, 5.41) is 9.69. The second-order valence-electron chi connectivity index (χ2n) is 9.72. The molecule has 9 nitrogen and oxygen atoms in total. The van der Waals surface area contributed by atoms with Crippen molar-refractivity contribution in [1.82, 2.24) is 34.6 Å². The minimum Gasteiger partial charge on any atom is -0.343 e. The number of amides is 2. The molecule has 0 saturated carbocycles. The SMILES string of the molecule is C=CC(=O)N1CCC[C@@H]1C(=O)N1CCC(C)(c2cc3c(-c4cnn5ncccc45)ccnc3[nH]2)C1. The predicted molar refractivity (Wildman–Crippen MR) is 132 cm³/mol. The lowest BCUT2D eigenvalue weighted by molar-refractivity contribution is -0.141. The van der Waals surface area contributed by atoms with Gasteiger partial charge in [-0.05, 0) is 55.2 Å². The van der Waals surface area contributed by atoms with Gasteiger partial charge in [0.25, 0.3) is 0 Å². The van der Waals surface area contributed by atoms with Crippen LogP contribution in [-0.2, 0) is 15.0 Å². The summed E-state index contributed by atoms with van der Waals surface area (Å²) in [4.78, 5) is 37.3. The quantitative estimate of drug-likeness (QED) is 0.463. The summed E-state index contributed by atoms with van der Waals surface area (Å²) < 4.78 is 1.63. The van der Waals surface area contributed by atoms with Crippen LogP contribution < -0.4 is 0 Å². The van der Waals surface area contributed by atoms with E-state index in [0.29, 0.717) is 26.1 Å². The normalized spacial score (nSPS) is 22.4. The molecule has 1 unspecified atom stereocenters. The summed E-state index contributed by atoms with van der Waals surface area (Å²) in [6.07, 6.45) is 9.04. The highest BCUT2D eigenvalue weighted by Gasteiger charge is 2.43. The average Bonchev–Trinajstić information content (AvgIpc) is 3.67. The lowest BCUT2D eigenvalue weighted by Crippen LogP contribution is -2.47. The topological polar surface area (TPSA) is 99.5 Å². The molecule has 9 heteroatoms. The van der Waals surface area contributed by atoms with Crippen LogP contribution in [0.2, 0.25) is 0 Å². The largest absolute Gasteiger partial charge is 0.343 e. The molecule has 2 saturated heterocycles. The molecule has 2 fully saturated rings. The van der Waals surface area contributed by atoms with Gasteiger partial charge in [0.2, 0.25) is 11.8 Å². The highest BCUT2D eigenvalue weighted by molar-refractivity contribution is 5.98. The Balaban J connectivity index is 1.30. The maximum atomic E-state index is 13.4. The Kier molecular flexibility index (Phi) is 4.94. The van der Waals surface area contributed by atoms with Crippen LogP contribution >= 0.6 is 0 Å². The van der Waals surface area contributed by atoms with Crippen molar-refractivity contribution in [3.63, 3.8) is 0 Å². The fraction of sp³-hybridized carbons (Fsp3) is 0.346. The molecule has 0 aromatic carbocycles. The summed E-state index contributed by atoms with van der Waals surface area (Å²) in [5.74, 6) is -0.130. The first kappa shape index (κ1) is 21.5. The highest BCUT2D eigenvalue weighted by atomic mass is 16.2. The summed E-state index contributed by atoms with van der Waals surface area (Å²) in [7, 11) is 0. The molecule has 1 N–H and O–H groups in total. The Bertz CT molecular complexity index is 1470.